The summed E-state index contributed by atoms with van der Waals surface area (Å²) in [6.07, 6.45) is 8.07. The first-order valence-corrected chi connectivity index (χ1v) is 13.2. The Labute approximate surface area is 209 Å². The van der Waals surface area contributed by atoms with Gasteiger partial charge in [0.2, 0.25) is 5.95 Å². The van der Waals surface area contributed by atoms with E-state index in [4.69, 9.17) is 0 Å². The molecule has 2 saturated heterocycles. The van der Waals surface area contributed by atoms with Crippen LogP contribution >= 0.6 is 0 Å². The minimum absolute atomic E-state index is 0.144. The Morgan fingerprint density at radius 3 is 1.97 bits per heavy atom. The molecule has 8 rings (SSSR count). The third-order valence-corrected chi connectivity index (χ3v) is 8.87. The van der Waals surface area contributed by atoms with Gasteiger partial charge in [-0.25, -0.2) is 9.97 Å². The zero-order valence-corrected chi connectivity index (χ0v) is 20.0. The lowest BCUT2D eigenvalue weighted by Gasteiger charge is -2.29. The number of hydrogen-bond donors (Lipinski definition) is 4. The number of aromatic nitrogens is 4. The van der Waals surface area contributed by atoms with Gasteiger partial charge in [-0.2, -0.15) is 4.39 Å². The van der Waals surface area contributed by atoms with Gasteiger partial charge >= 0.3 is 0 Å². The summed E-state index contributed by atoms with van der Waals surface area (Å²) in [5.74, 6) is 2.98. The van der Waals surface area contributed by atoms with E-state index in [2.05, 4.69) is 54.8 Å². The summed E-state index contributed by atoms with van der Waals surface area (Å²) >= 11 is 0. The van der Waals surface area contributed by atoms with Gasteiger partial charge in [-0.3, -0.25) is 0 Å². The predicted molar refractivity (Wildman–Crippen MR) is 136 cm³/mol. The fourth-order valence-electron chi connectivity index (χ4n) is 6.47. The van der Waals surface area contributed by atoms with Crippen LogP contribution in [-0.2, 0) is 0 Å². The van der Waals surface area contributed by atoms with E-state index in [1.54, 1.807) is 0 Å². The van der Waals surface area contributed by atoms with Gasteiger partial charge in [0.1, 0.15) is 17.3 Å². The number of fused-ring (bicyclic) bond motifs is 2. The summed E-state index contributed by atoms with van der Waals surface area (Å²) in [7, 11) is 0. The quantitative estimate of drug-likeness (QED) is 0.304. The fraction of sp³-hybridized carbons (Fsp3) is 0.379. The molecule has 0 radical (unpaired) electrons. The number of hydrogen-bond acceptors (Lipinski definition) is 4. The van der Waals surface area contributed by atoms with Gasteiger partial charge in [0.25, 0.3) is 0 Å². The van der Waals surface area contributed by atoms with Crippen LogP contribution in [0.5, 0.6) is 0 Å². The van der Waals surface area contributed by atoms with E-state index in [1.807, 2.05) is 30.5 Å². The number of aromatic amines is 2. The molecular weight excluding hydrogens is 451 g/mol. The summed E-state index contributed by atoms with van der Waals surface area (Å²) in [6, 6.07) is 18.3. The third-order valence-electron chi connectivity index (χ3n) is 8.87. The average Bonchev–Trinajstić information content (AvgIpc) is 3.33. The monoisotopic (exact) mass is 480 g/mol. The topological polar surface area (TPSA) is 81.4 Å². The average molecular weight is 481 g/mol. The molecule has 2 aliphatic heterocycles. The first kappa shape index (κ1) is 20.9. The van der Waals surface area contributed by atoms with Crippen LogP contribution in [0.25, 0.3) is 33.6 Å². The van der Waals surface area contributed by atoms with Crippen molar-refractivity contribution < 1.29 is 4.39 Å². The Hall–Kier alpha value is -3.29. The maximum absolute atomic E-state index is 14.7. The summed E-state index contributed by atoms with van der Waals surface area (Å²) in [4.78, 5) is 15.7. The summed E-state index contributed by atoms with van der Waals surface area (Å²) in [5.41, 5.74) is 5.57. The number of halogens is 1. The van der Waals surface area contributed by atoms with Gasteiger partial charge < -0.3 is 20.6 Å². The standard InChI is InChI=1S/C29H29FN6/c30-27-26(35-29(36-27)24-13-20-12-22(20)33-24)18-7-3-16(4-8-18)15-1-5-17(6-2-15)25-14-31-28(34-25)23-11-19-9-10-21(19)32-23/h1-8,14,19-24,32-33H,9-13H2,(H,31,34)(H,35,36)/t19?,20?,21?,22?,23-,24-/m0/s1. The molecule has 4 heterocycles. The van der Waals surface area contributed by atoms with Crippen LogP contribution in [0.4, 0.5) is 4.39 Å². The van der Waals surface area contributed by atoms with E-state index < -0.39 is 0 Å². The Bertz CT molecular complexity index is 1400. The number of benzene rings is 2. The Morgan fingerprint density at radius 1 is 0.667 bits per heavy atom. The lowest BCUT2D eigenvalue weighted by molar-refractivity contribution is 0.276. The Morgan fingerprint density at radius 2 is 1.33 bits per heavy atom. The largest absolute Gasteiger partial charge is 0.341 e. The van der Waals surface area contributed by atoms with Crippen LogP contribution in [0.3, 0.4) is 0 Å². The molecule has 6 atom stereocenters. The Kier molecular flexibility index (Phi) is 4.55. The van der Waals surface area contributed by atoms with Crippen molar-refractivity contribution in [2.24, 2.45) is 11.8 Å². The van der Waals surface area contributed by atoms with Gasteiger partial charge in [-0.1, -0.05) is 48.5 Å². The molecule has 4 aromatic rings. The summed E-state index contributed by atoms with van der Waals surface area (Å²) in [5, 5.41) is 7.25. The normalized spacial score (nSPS) is 30.1. The van der Waals surface area contributed by atoms with E-state index in [0.717, 1.165) is 52.0 Å². The smallest absolute Gasteiger partial charge is 0.219 e. The van der Waals surface area contributed by atoms with Crippen LogP contribution in [-0.4, -0.2) is 32.0 Å². The Balaban J connectivity index is 0.979. The molecule has 0 spiro atoms. The molecule has 36 heavy (non-hydrogen) atoms. The van der Waals surface area contributed by atoms with Crippen LogP contribution in [0.15, 0.2) is 54.7 Å². The summed E-state index contributed by atoms with van der Waals surface area (Å²) in [6.45, 7) is 0. The van der Waals surface area contributed by atoms with E-state index in [-0.39, 0.29) is 12.0 Å². The molecule has 2 aliphatic carbocycles. The number of nitrogens with one attached hydrogen (secondary N) is 4. The zero-order valence-electron chi connectivity index (χ0n) is 20.0. The number of H-pyrrole nitrogens is 2. The highest BCUT2D eigenvalue weighted by molar-refractivity contribution is 5.71. The molecule has 4 fully saturated rings. The van der Waals surface area contributed by atoms with Crippen molar-refractivity contribution in [1.29, 1.82) is 0 Å². The van der Waals surface area contributed by atoms with Crippen LogP contribution in [0, 0.1) is 17.8 Å². The number of nitrogens with zero attached hydrogens (tertiary/aromatic N) is 2. The first-order valence-electron chi connectivity index (χ1n) is 13.2. The van der Waals surface area contributed by atoms with Crippen molar-refractivity contribution in [1.82, 2.24) is 30.6 Å². The lowest BCUT2D eigenvalue weighted by atomic mass is 9.80. The highest BCUT2D eigenvalue weighted by Gasteiger charge is 2.47. The van der Waals surface area contributed by atoms with Crippen molar-refractivity contribution >= 4 is 0 Å². The first-order chi connectivity index (χ1) is 17.7. The van der Waals surface area contributed by atoms with Crippen molar-refractivity contribution in [2.45, 2.75) is 56.3 Å². The fourth-order valence-corrected chi connectivity index (χ4v) is 6.47. The zero-order chi connectivity index (χ0) is 23.8. The van der Waals surface area contributed by atoms with Gasteiger partial charge in [0, 0.05) is 17.6 Å². The molecule has 2 aromatic carbocycles. The predicted octanol–water partition coefficient (Wildman–Crippen LogP) is 5.51. The maximum atomic E-state index is 14.7. The van der Waals surface area contributed by atoms with Gasteiger partial charge in [0.05, 0.1) is 24.0 Å². The third kappa shape index (κ3) is 3.44. The van der Waals surface area contributed by atoms with E-state index in [0.29, 0.717) is 29.6 Å². The van der Waals surface area contributed by atoms with Crippen LogP contribution in [0.2, 0.25) is 0 Å². The molecule has 2 aromatic heterocycles. The van der Waals surface area contributed by atoms with Crippen LogP contribution < -0.4 is 10.6 Å². The number of piperidine rings is 1. The molecule has 4 N–H and O–H groups in total. The molecule has 4 unspecified atom stereocenters. The van der Waals surface area contributed by atoms with Crippen molar-refractivity contribution in [3.05, 3.63) is 72.3 Å². The second-order valence-electron chi connectivity index (χ2n) is 11.1. The molecule has 0 bridgehead atoms. The summed E-state index contributed by atoms with van der Waals surface area (Å²) < 4.78 is 14.7. The van der Waals surface area contributed by atoms with Crippen molar-refractivity contribution in [3.63, 3.8) is 0 Å². The van der Waals surface area contributed by atoms with Gasteiger partial charge in [-0.05, 0) is 60.6 Å². The second kappa shape index (κ2) is 7.85. The highest BCUT2D eigenvalue weighted by Crippen LogP contribution is 2.46. The molecule has 6 nitrogen and oxygen atoms in total. The number of rotatable bonds is 5. The van der Waals surface area contributed by atoms with E-state index in [9.17, 15) is 4.39 Å². The SMILES string of the molecule is Fc1[nH]c([C@@H]2CC3CC3N2)nc1-c1ccc(-c2ccc(-c3cnc([C@@H]4CC5CCC5N4)[nH]3)cc2)cc1. The second-order valence-corrected chi connectivity index (χ2v) is 11.1. The molecule has 0 amide bonds. The minimum atomic E-state index is -0.358. The van der Waals surface area contributed by atoms with E-state index >= 15 is 0 Å². The van der Waals surface area contributed by atoms with E-state index in [1.165, 1.54) is 25.7 Å². The molecular formula is C29H29FN6. The van der Waals surface area contributed by atoms with Gasteiger partial charge in [0.15, 0.2) is 0 Å². The van der Waals surface area contributed by atoms with Crippen molar-refractivity contribution in [3.8, 4) is 33.6 Å². The van der Waals surface area contributed by atoms with Gasteiger partial charge in [-0.15, -0.1) is 0 Å². The van der Waals surface area contributed by atoms with Crippen molar-refractivity contribution in [2.75, 3.05) is 0 Å². The molecule has 7 heteroatoms. The van der Waals surface area contributed by atoms with Crippen LogP contribution in [0.1, 0.15) is 55.8 Å². The number of imidazole rings is 2. The molecule has 182 valence electrons. The minimum Gasteiger partial charge on any atom is -0.341 e. The maximum Gasteiger partial charge on any atom is 0.219 e. The molecule has 4 aliphatic rings. The highest BCUT2D eigenvalue weighted by atomic mass is 19.1. The molecule has 2 saturated carbocycles. The lowest BCUT2D eigenvalue weighted by Crippen LogP contribution is -2.35.